The molecule has 3 aromatic heterocycles. The van der Waals surface area contributed by atoms with Gasteiger partial charge in [-0.2, -0.15) is 0 Å². The van der Waals surface area contributed by atoms with Crippen molar-refractivity contribution >= 4 is 33.4 Å². The minimum absolute atomic E-state index is 0.604. The zero-order valence-corrected chi connectivity index (χ0v) is 22.9. The number of benzene rings is 2. The van der Waals surface area contributed by atoms with Gasteiger partial charge in [-0.25, -0.2) is 19.9 Å². The summed E-state index contributed by atoms with van der Waals surface area (Å²) in [5, 5.41) is 2.44. The van der Waals surface area contributed by atoms with Crippen LogP contribution in [0.5, 0.6) is 0 Å². The summed E-state index contributed by atoms with van der Waals surface area (Å²) < 4.78 is 0. The van der Waals surface area contributed by atoms with E-state index in [9.17, 15) is 0 Å². The van der Waals surface area contributed by atoms with E-state index in [1.165, 1.54) is 16.5 Å². The number of anilines is 2. The molecule has 2 aliphatic rings. The molecule has 40 heavy (non-hydrogen) atoms. The largest absolute Gasteiger partial charge is 0.357 e. The fraction of sp³-hybridized carbons (Fsp3) is 0.333. The molecule has 2 fully saturated rings. The lowest BCUT2D eigenvalue weighted by atomic mass is 9.91. The lowest BCUT2D eigenvalue weighted by Gasteiger charge is -2.35. The first-order chi connectivity index (χ1) is 19.8. The Labute approximate surface area is 235 Å². The van der Waals surface area contributed by atoms with E-state index in [1.807, 2.05) is 24.5 Å². The lowest BCUT2D eigenvalue weighted by Crippen LogP contribution is -2.46. The van der Waals surface area contributed by atoms with E-state index in [-0.39, 0.29) is 0 Å². The van der Waals surface area contributed by atoms with Crippen LogP contribution in [0.1, 0.15) is 24.2 Å². The summed E-state index contributed by atoms with van der Waals surface area (Å²) in [5.74, 6) is 2.76. The van der Waals surface area contributed by atoms with E-state index in [0.717, 1.165) is 93.4 Å². The van der Waals surface area contributed by atoms with E-state index >= 15 is 0 Å². The Morgan fingerprint density at radius 1 is 0.600 bits per heavy atom. The van der Waals surface area contributed by atoms with Crippen molar-refractivity contribution in [3.8, 4) is 0 Å². The van der Waals surface area contributed by atoms with Gasteiger partial charge in [0.2, 0.25) is 0 Å². The first kappa shape index (κ1) is 24.9. The second-order valence-electron chi connectivity index (χ2n) is 11.1. The van der Waals surface area contributed by atoms with E-state index in [4.69, 9.17) is 9.97 Å². The number of nitrogens with zero attached hydrogens (tertiary/aromatic N) is 7. The third-order valence-electron chi connectivity index (χ3n) is 8.48. The first-order valence-corrected chi connectivity index (χ1v) is 14.5. The maximum atomic E-state index is 5.29. The van der Waals surface area contributed by atoms with Gasteiger partial charge in [-0.1, -0.05) is 36.4 Å². The van der Waals surface area contributed by atoms with Gasteiger partial charge in [0.15, 0.2) is 0 Å². The maximum absolute atomic E-state index is 5.29. The minimum Gasteiger partial charge on any atom is -0.357 e. The van der Waals surface area contributed by atoms with Crippen molar-refractivity contribution in [3.05, 3.63) is 96.6 Å². The van der Waals surface area contributed by atoms with Crippen LogP contribution in [-0.4, -0.2) is 64.1 Å². The molecule has 0 atom stereocenters. The summed E-state index contributed by atoms with van der Waals surface area (Å²) >= 11 is 0. The van der Waals surface area contributed by atoms with Crippen LogP contribution < -0.4 is 9.80 Å². The molecule has 5 aromatic rings. The van der Waals surface area contributed by atoms with Gasteiger partial charge in [0.25, 0.3) is 0 Å². The fourth-order valence-electron chi connectivity index (χ4n) is 6.17. The van der Waals surface area contributed by atoms with Gasteiger partial charge < -0.3 is 9.80 Å². The third-order valence-corrected chi connectivity index (χ3v) is 8.48. The van der Waals surface area contributed by atoms with Crippen molar-refractivity contribution in [2.75, 3.05) is 49.1 Å². The van der Waals surface area contributed by atoms with Crippen LogP contribution in [0, 0.1) is 5.92 Å². The first-order valence-electron chi connectivity index (χ1n) is 14.5. The molecule has 202 valence electrons. The average Bonchev–Trinajstić information content (AvgIpc) is 3.02. The van der Waals surface area contributed by atoms with Crippen LogP contribution in [-0.2, 0) is 13.0 Å². The maximum Gasteiger partial charge on any atom is 0.128 e. The zero-order chi connectivity index (χ0) is 26.7. The molecule has 0 bridgehead atoms. The average molecular weight is 530 g/mol. The summed E-state index contributed by atoms with van der Waals surface area (Å²) in [4.78, 5) is 27.0. The standard InChI is InChI=1S/C33H35N7/c1-2-8-27-23-30-29(22-26(27)7-1)36-28(21-25-11-15-39(16-12-25)32-9-3-5-13-34-32)31(37-30)24-38-17-19-40(20-18-38)33-10-4-6-14-35-33/h1-10,13-14,22-23,25H,11-12,15-21,24H2. The van der Waals surface area contributed by atoms with Crippen LogP contribution in [0.15, 0.2) is 85.2 Å². The van der Waals surface area contributed by atoms with E-state index in [2.05, 4.69) is 85.3 Å². The Balaban J connectivity index is 1.12. The van der Waals surface area contributed by atoms with Gasteiger partial charge >= 0.3 is 0 Å². The van der Waals surface area contributed by atoms with Crippen LogP contribution in [0.25, 0.3) is 21.8 Å². The molecule has 0 spiro atoms. The predicted molar refractivity (Wildman–Crippen MR) is 162 cm³/mol. The highest BCUT2D eigenvalue weighted by atomic mass is 15.3. The summed E-state index contributed by atoms with van der Waals surface area (Å²) in [6, 6.07) is 25.2. The minimum atomic E-state index is 0.604. The fourth-order valence-corrected chi connectivity index (χ4v) is 6.17. The number of hydrogen-bond acceptors (Lipinski definition) is 7. The number of fused-ring (bicyclic) bond motifs is 2. The topological polar surface area (TPSA) is 61.3 Å². The van der Waals surface area contributed by atoms with E-state index < -0.39 is 0 Å². The zero-order valence-electron chi connectivity index (χ0n) is 22.9. The number of aromatic nitrogens is 4. The summed E-state index contributed by atoms with van der Waals surface area (Å²) in [6.07, 6.45) is 7.04. The summed E-state index contributed by atoms with van der Waals surface area (Å²) in [6.45, 7) is 6.87. The smallest absolute Gasteiger partial charge is 0.128 e. The molecular formula is C33H35N7. The van der Waals surface area contributed by atoms with Gasteiger partial charge in [-0.05, 0) is 72.4 Å². The molecule has 0 aliphatic carbocycles. The molecule has 7 nitrogen and oxygen atoms in total. The van der Waals surface area contributed by atoms with Gasteiger partial charge in [-0.15, -0.1) is 0 Å². The number of pyridine rings is 2. The van der Waals surface area contributed by atoms with E-state index in [0.29, 0.717) is 5.92 Å². The summed E-state index contributed by atoms with van der Waals surface area (Å²) in [5.41, 5.74) is 4.31. The van der Waals surface area contributed by atoms with Crippen molar-refractivity contribution < 1.29 is 0 Å². The van der Waals surface area contributed by atoms with Crippen molar-refractivity contribution in [1.82, 2.24) is 24.8 Å². The molecule has 2 saturated heterocycles. The van der Waals surface area contributed by atoms with Crippen LogP contribution in [0.2, 0.25) is 0 Å². The number of rotatable bonds is 6. The molecule has 2 aliphatic heterocycles. The molecule has 0 N–H and O–H groups in total. The Morgan fingerprint density at radius 2 is 1.15 bits per heavy atom. The molecule has 7 heteroatoms. The van der Waals surface area contributed by atoms with Gasteiger partial charge in [0.1, 0.15) is 11.6 Å². The van der Waals surface area contributed by atoms with Crippen LogP contribution in [0.3, 0.4) is 0 Å². The Morgan fingerprint density at radius 3 is 1.73 bits per heavy atom. The van der Waals surface area contributed by atoms with Gasteiger partial charge in [0.05, 0.1) is 22.4 Å². The van der Waals surface area contributed by atoms with Gasteiger partial charge in [-0.3, -0.25) is 4.90 Å². The summed E-state index contributed by atoms with van der Waals surface area (Å²) in [7, 11) is 0. The second kappa shape index (κ2) is 11.2. The van der Waals surface area contributed by atoms with Gasteiger partial charge in [0, 0.05) is 58.2 Å². The highest BCUT2D eigenvalue weighted by Gasteiger charge is 2.24. The van der Waals surface area contributed by atoms with Crippen LogP contribution >= 0.6 is 0 Å². The van der Waals surface area contributed by atoms with Crippen LogP contribution in [0.4, 0.5) is 11.6 Å². The molecular weight excluding hydrogens is 494 g/mol. The normalized spacial score (nSPS) is 17.1. The Hall–Kier alpha value is -4.10. The molecule has 0 saturated carbocycles. The molecule has 0 amide bonds. The van der Waals surface area contributed by atoms with Crippen molar-refractivity contribution in [3.63, 3.8) is 0 Å². The molecule has 5 heterocycles. The Kier molecular flexibility index (Phi) is 6.96. The van der Waals surface area contributed by atoms with Crippen molar-refractivity contribution in [2.45, 2.75) is 25.8 Å². The molecule has 0 unspecified atom stereocenters. The second-order valence-corrected chi connectivity index (χ2v) is 11.1. The molecule has 2 aromatic carbocycles. The predicted octanol–water partition coefficient (Wildman–Crippen LogP) is 5.35. The third kappa shape index (κ3) is 5.34. The lowest BCUT2D eigenvalue weighted by molar-refractivity contribution is 0.245. The monoisotopic (exact) mass is 529 g/mol. The molecule has 0 radical (unpaired) electrons. The number of piperidine rings is 1. The highest BCUT2D eigenvalue weighted by Crippen LogP contribution is 2.28. The Bertz CT molecular complexity index is 1460. The SMILES string of the molecule is c1ccc(N2CCC(Cc3nc4cc5ccccc5cc4nc3CN3CCN(c4ccccn4)CC3)CC2)nc1. The molecule has 7 rings (SSSR count). The quantitative estimate of drug-likeness (QED) is 0.275. The van der Waals surface area contributed by atoms with Crippen molar-refractivity contribution in [2.24, 2.45) is 5.92 Å². The van der Waals surface area contributed by atoms with E-state index in [1.54, 1.807) is 0 Å². The number of hydrogen-bond donors (Lipinski definition) is 0. The number of piperazine rings is 1. The highest BCUT2D eigenvalue weighted by molar-refractivity contribution is 5.94. The van der Waals surface area contributed by atoms with Crippen molar-refractivity contribution in [1.29, 1.82) is 0 Å².